The normalized spacial score (nSPS) is 11.7. The second kappa shape index (κ2) is 8.45. The number of nitrogens with zero attached hydrogens (tertiary/aromatic N) is 2. The highest BCUT2D eigenvalue weighted by Crippen LogP contribution is 2.29. The summed E-state index contributed by atoms with van der Waals surface area (Å²) in [6.45, 7) is 4.54. The van der Waals surface area contributed by atoms with Crippen LogP contribution in [-0.2, 0) is 17.8 Å². The zero-order valence-corrected chi connectivity index (χ0v) is 17.7. The summed E-state index contributed by atoms with van der Waals surface area (Å²) in [6, 6.07) is 13.6. The Bertz CT molecular complexity index is 983. The van der Waals surface area contributed by atoms with E-state index in [0.717, 1.165) is 28.2 Å². The topological polar surface area (TPSA) is 64.3 Å². The van der Waals surface area contributed by atoms with Gasteiger partial charge >= 0.3 is 5.97 Å². The number of carbonyl (C=O) groups is 1. The summed E-state index contributed by atoms with van der Waals surface area (Å²) >= 11 is 7.45. The van der Waals surface area contributed by atoms with Crippen molar-refractivity contribution < 1.29 is 14.1 Å². The third-order valence-corrected chi connectivity index (χ3v) is 5.09. The molecular weight excluding hydrogens is 396 g/mol. The Morgan fingerprint density at radius 3 is 2.61 bits per heavy atom. The highest BCUT2D eigenvalue weighted by molar-refractivity contribution is 7.94. The summed E-state index contributed by atoms with van der Waals surface area (Å²) in [5.74, 6) is 0.856. The Labute approximate surface area is 173 Å². The fourth-order valence-electron chi connectivity index (χ4n) is 3.29. The van der Waals surface area contributed by atoms with Crippen LogP contribution < -0.4 is 4.18 Å². The van der Waals surface area contributed by atoms with Crippen LogP contribution in [-0.4, -0.2) is 26.9 Å². The van der Waals surface area contributed by atoms with Crippen LogP contribution in [0.1, 0.15) is 31.7 Å². The van der Waals surface area contributed by atoms with E-state index in [4.69, 9.17) is 20.8 Å². The highest BCUT2D eigenvalue weighted by Gasteiger charge is 2.25. The van der Waals surface area contributed by atoms with E-state index in [2.05, 4.69) is 4.57 Å². The second-order valence-electron chi connectivity index (χ2n) is 7.55. The first-order chi connectivity index (χ1) is 13.3. The van der Waals surface area contributed by atoms with Gasteiger partial charge in [0.25, 0.3) is 0 Å². The summed E-state index contributed by atoms with van der Waals surface area (Å²) in [4.78, 5) is 16.0. The Balaban J connectivity index is 1.97. The van der Waals surface area contributed by atoms with Gasteiger partial charge in [0.15, 0.2) is 0 Å². The lowest BCUT2D eigenvalue weighted by molar-refractivity contribution is -0.139. The van der Waals surface area contributed by atoms with Gasteiger partial charge in [-0.05, 0) is 41.3 Å². The smallest absolute Gasteiger partial charge is 0.303 e. The van der Waals surface area contributed by atoms with E-state index in [9.17, 15) is 9.90 Å². The average Bonchev–Trinajstić information content (AvgIpc) is 2.91. The summed E-state index contributed by atoms with van der Waals surface area (Å²) < 4.78 is 7.57. The first kappa shape index (κ1) is 20.6. The Morgan fingerprint density at radius 2 is 1.96 bits per heavy atom. The van der Waals surface area contributed by atoms with Crippen molar-refractivity contribution in [2.45, 2.75) is 33.2 Å². The van der Waals surface area contributed by atoms with Gasteiger partial charge in [-0.3, -0.25) is 4.79 Å². The maximum atomic E-state index is 11.2. The number of rotatable bonds is 8. The van der Waals surface area contributed by atoms with Crippen molar-refractivity contribution in [3.05, 3.63) is 58.9 Å². The van der Waals surface area contributed by atoms with Crippen molar-refractivity contribution in [3.63, 3.8) is 0 Å². The largest absolute Gasteiger partial charge is 0.481 e. The molecule has 148 valence electrons. The van der Waals surface area contributed by atoms with Crippen molar-refractivity contribution in [2.24, 2.45) is 5.41 Å². The average molecular weight is 419 g/mol. The maximum Gasteiger partial charge on any atom is 0.303 e. The standard InChI is InChI=1S/C21H23ClN2O3S/c1-21(2,12-20(25)26)11-19-23-17-10-15(22)6-9-18(17)24(19)13-14-4-7-16(8-5-14)27-28-3/h4-10H,11-13H2,1-3H3,(H,25,26). The zero-order valence-electron chi connectivity index (χ0n) is 16.1. The van der Waals surface area contributed by atoms with Gasteiger partial charge in [0.05, 0.1) is 29.5 Å². The molecule has 3 rings (SSSR count). The van der Waals surface area contributed by atoms with E-state index in [1.54, 1.807) is 0 Å². The number of aromatic nitrogens is 2. The number of fused-ring (bicyclic) bond motifs is 1. The van der Waals surface area contributed by atoms with Crippen LogP contribution in [0.2, 0.25) is 5.02 Å². The summed E-state index contributed by atoms with van der Waals surface area (Å²) in [7, 11) is 0. The van der Waals surface area contributed by atoms with Crippen LogP contribution >= 0.6 is 23.6 Å². The fourth-order valence-corrected chi connectivity index (χ4v) is 3.76. The molecule has 0 aliphatic carbocycles. The quantitative estimate of drug-likeness (QED) is 0.493. The van der Waals surface area contributed by atoms with Gasteiger partial charge in [0.1, 0.15) is 11.6 Å². The predicted octanol–water partition coefficient (Wildman–Crippen LogP) is 5.44. The molecule has 0 saturated carbocycles. The minimum atomic E-state index is -0.805. The van der Waals surface area contributed by atoms with Gasteiger partial charge in [-0.25, -0.2) is 4.98 Å². The number of imidazole rings is 1. The monoisotopic (exact) mass is 418 g/mol. The third-order valence-electron chi connectivity index (χ3n) is 4.50. The summed E-state index contributed by atoms with van der Waals surface area (Å²) in [5.41, 5.74) is 2.50. The number of hydrogen-bond acceptors (Lipinski definition) is 4. The van der Waals surface area contributed by atoms with Crippen molar-refractivity contribution in [2.75, 3.05) is 6.26 Å². The van der Waals surface area contributed by atoms with Crippen molar-refractivity contribution in [1.82, 2.24) is 9.55 Å². The SMILES string of the molecule is CSOc1ccc(Cn2c(CC(C)(C)CC(=O)O)nc3cc(Cl)ccc32)cc1. The molecule has 0 spiro atoms. The first-order valence-electron chi connectivity index (χ1n) is 8.93. The maximum absolute atomic E-state index is 11.2. The highest BCUT2D eigenvalue weighted by atomic mass is 35.5. The minimum absolute atomic E-state index is 0.0810. The van der Waals surface area contributed by atoms with Gasteiger partial charge in [0.2, 0.25) is 0 Å². The molecule has 0 unspecified atom stereocenters. The van der Waals surface area contributed by atoms with Crippen molar-refractivity contribution in [3.8, 4) is 5.75 Å². The molecule has 0 radical (unpaired) electrons. The number of carboxylic acids is 1. The van der Waals surface area contributed by atoms with Gasteiger partial charge in [-0.15, -0.1) is 0 Å². The number of carboxylic acid groups (broad SMARTS) is 1. The summed E-state index contributed by atoms with van der Waals surface area (Å²) in [6.07, 6.45) is 2.51. The predicted molar refractivity (Wildman–Crippen MR) is 114 cm³/mol. The molecule has 0 aliphatic rings. The van der Waals surface area contributed by atoms with E-state index < -0.39 is 11.4 Å². The van der Waals surface area contributed by atoms with Crippen LogP contribution in [0.5, 0.6) is 5.75 Å². The number of aliphatic carboxylic acids is 1. The van der Waals surface area contributed by atoms with Gasteiger partial charge in [-0.1, -0.05) is 37.6 Å². The Morgan fingerprint density at radius 1 is 1.25 bits per heavy atom. The summed E-state index contributed by atoms with van der Waals surface area (Å²) in [5, 5.41) is 9.85. The molecule has 0 saturated heterocycles. The van der Waals surface area contributed by atoms with Crippen LogP contribution in [0.3, 0.4) is 0 Å². The van der Waals surface area contributed by atoms with Gasteiger partial charge < -0.3 is 13.9 Å². The van der Waals surface area contributed by atoms with E-state index in [-0.39, 0.29) is 6.42 Å². The van der Waals surface area contributed by atoms with Crippen LogP contribution in [0.25, 0.3) is 11.0 Å². The third kappa shape index (κ3) is 5.00. The Hall–Kier alpha value is -2.18. The van der Waals surface area contributed by atoms with Crippen molar-refractivity contribution >= 4 is 40.6 Å². The van der Waals surface area contributed by atoms with E-state index in [1.165, 1.54) is 12.0 Å². The molecular formula is C21H23ClN2O3S. The van der Waals surface area contributed by atoms with E-state index >= 15 is 0 Å². The molecule has 7 heteroatoms. The number of halogens is 1. The van der Waals surface area contributed by atoms with Crippen LogP contribution in [0.15, 0.2) is 42.5 Å². The zero-order chi connectivity index (χ0) is 20.3. The molecule has 5 nitrogen and oxygen atoms in total. The molecule has 1 aromatic heterocycles. The van der Waals surface area contributed by atoms with Gasteiger partial charge in [-0.2, -0.15) is 0 Å². The molecule has 0 aliphatic heterocycles. The van der Waals surface area contributed by atoms with Gasteiger partial charge in [0, 0.05) is 24.2 Å². The second-order valence-corrected chi connectivity index (χ2v) is 8.49. The fraction of sp³-hybridized carbons (Fsp3) is 0.333. The first-order valence-corrected chi connectivity index (χ1v) is 10.5. The lowest BCUT2D eigenvalue weighted by atomic mass is 9.85. The van der Waals surface area contributed by atoms with Crippen molar-refractivity contribution in [1.29, 1.82) is 0 Å². The molecule has 3 aromatic rings. The molecule has 1 N–H and O–H groups in total. The molecule has 2 aromatic carbocycles. The van der Waals surface area contributed by atoms with Crippen LogP contribution in [0, 0.1) is 5.41 Å². The Kier molecular flexibility index (Phi) is 6.20. The molecule has 0 bridgehead atoms. The molecule has 28 heavy (non-hydrogen) atoms. The van der Waals surface area contributed by atoms with E-state index in [1.807, 2.05) is 62.6 Å². The number of hydrogen-bond donors (Lipinski definition) is 1. The van der Waals surface area contributed by atoms with Crippen LogP contribution in [0.4, 0.5) is 0 Å². The molecule has 0 atom stereocenters. The molecule has 0 fully saturated rings. The lowest BCUT2D eigenvalue weighted by Crippen LogP contribution is -2.22. The van der Waals surface area contributed by atoms with E-state index in [0.29, 0.717) is 18.0 Å². The lowest BCUT2D eigenvalue weighted by Gasteiger charge is -2.22. The number of benzene rings is 2. The molecule has 0 amide bonds. The minimum Gasteiger partial charge on any atom is -0.481 e. The molecule has 1 heterocycles.